The zero-order valence-electron chi connectivity index (χ0n) is 12.1. The zero-order chi connectivity index (χ0) is 13.9. The molecular weight excluding hydrogens is 230 g/mol. The lowest BCUT2D eigenvalue weighted by molar-refractivity contribution is -0.113. The molecule has 0 heterocycles. The number of aldehydes is 1. The fourth-order valence-electron chi connectivity index (χ4n) is 1.91. The number of amides is 1. The molecule has 18 heavy (non-hydrogen) atoms. The molecule has 1 amide bonds. The van der Waals surface area contributed by atoms with Gasteiger partial charge in [-0.25, -0.2) is 4.79 Å². The van der Waals surface area contributed by atoms with Gasteiger partial charge in [-0.05, 0) is 45.4 Å². The third-order valence-electron chi connectivity index (χ3n) is 2.79. The molecule has 0 spiro atoms. The van der Waals surface area contributed by atoms with Gasteiger partial charge in [0.05, 0.1) is 6.04 Å². The molecule has 4 nitrogen and oxygen atoms in total. The summed E-state index contributed by atoms with van der Waals surface area (Å²) in [6, 6.07) is -0.317. The highest BCUT2D eigenvalue weighted by atomic mass is 16.6. The molecule has 0 saturated heterocycles. The number of hydrogen-bond acceptors (Lipinski definition) is 3. The van der Waals surface area contributed by atoms with E-state index in [-0.39, 0.29) is 12.1 Å². The molecule has 104 valence electrons. The Kier molecular flexibility index (Phi) is 4.77. The van der Waals surface area contributed by atoms with Crippen molar-refractivity contribution in [3.8, 4) is 0 Å². The van der Waals surface area contributed by atoms with Crippen molar-refractivity contribution in [2.75, 3.05) is 6.54 Å². The van der Waals surface area contributed by atoms with Gasteiger partial charge in [0.1, 0.15) is 11.9 Å². The van der Waals surface area contributed by atoms with Crippen LogP contribution < -0.4 is 0 Å². The van der Waals surface area contributed by atoms with Crippen LogP contribution in [-0.2, 0) is 9.53 Å². The van der Waals surface area contributed by atoms with Crippen molar-refractivity contribution >= 4 is 12.4 Å². The van der Waals surface area contributed by atoms with Gasteiger partial charge >= 0.3 is 6.09 Å². The van der Waals surface area contributed by atoms with Gasteiger partial charge in [-0.2, -0.15) is 0 Å². The molecule has 0 N–H and O–H groups in total. The fraction of sp³-hybridized carbons (Fsp3) is 0.857. The molecule has 0 aromatic carbocycles. The molecule has 0 aromatic rings. The Morgan fingerprint density at radius 1 is 1.39 bits per heavy atom. The molecule has 1 aliphatic carbocycles. The molecule has 1 fully saturated rings. The fourth-order valence-corrected chi connectivity index (χ4v) is 1.91. The Labute approximate surface area is 110 Å². The molecule has 0 aromatic heterocycles. The second-order valence-corrected chi connectivity index (χ2v) is 6.49. The molecule has 1 unspecified atom stereocenters. The van der Waals surface area contributed by atoms with Gasteiger partial charge < -0.3 is 9.53 Å². The van der Waals surface area contributed by atoms with Crippen molar-refractivity contribution in [3.63, 3.8) is 0 Å². The van der Waals surface area contributed by atoms with Crippen LogP contribution in [0.1, 0.15) is 47.5 Å². The lowest BCUT2D eigenvalue weighted by atomic mass is 10.1. The van der Waals surface area contributed by atoms with Gasteiger partial charge in [-0.15, -0.1) is 0 Å². The summed E-state index contributed by atoms with van der Waals surface area (Å²) >= 11 is 0. The Morgan fingerprint density at radius 3 is 2.28 bits per heavy atom. The summed E-state index contributed by atoms with van der Waals surface area (Å²) in [5.41, 5.74) is -0.525. The summed E-state index contributed by atoms with van der Waals surface area (Å²) in [6.07, 6.45) is 2.58. The third-order valence-corrected chi connectivity index (χ3v) is 2.79. The number of rotatable bonds is 5. The molecule has 1 atom stereocenters. The highest BCUT2D eigenvalue weighted by molar-refractivity contribution is 5.74. The van der Waals surface area contributed by atoms with Crippen LogP contribution in [0.4, 0.5) is 4.79 Å². The maximum Gasteiger partial charge on any atom is 0.410 e. The number of carbonyl (C=O) groups excluding carboxylic acids is 2. The predicted octanol–water partition coefficient (Wildman–Crippen LogP) is 2.86. The Hall–Kier alpha value is -1.06. The summed E-state index contributed by atoms with van der Waals surface area (Å²) in [6.45, 7) is 10.1. The zero-order valence-corrected chi connectivity index (χ0v) is 12.1. The lowest BCUT2D eigenvalue weighted by Gasteiger charge is -2.32. The molecule has 4 heteroatoms. The van der Waals surface area contributed by atoms with Crippen LogP contribution in [0.25, 0.3) is 0 Å². The SMILES string of the molecule is CC(C)CN(C(=O)OC(C)(C)C)C(C=O)C1CC1. The van der Waals surface area contributed by atoms with Crippen LogP contribution in [0.15, 0.2) is 0 Å². The van der Waals surface area contributed by atoms with Crippen molar-refractivity contribution in [1.29, 1.82) is 0 Å². The van der Waals surface area contributed by atoms with Crippen molar-refractivity contribution in [2.45, 2.75) is 59.1 Å². The normalized spacial score (nSPS) is 17.4. The first-order valence-corrected chi connectivity index (χ1v) is 6.69. The molecule has 0 aliphatic heterocycles. The largest absolute Gasteiger partial charge is 0.444 e. The number of carbonyl (C=O) groups is 2. The van der Waals surface area contributed by atoms with Gasteiger partial charge in [0.15, 0.2) is 0 Å². The van der Waals surface area contributed by atoms with E-state index in [0.717, 1.165) is 19.1 Å². The number of nitrogens with zero attached hydrogens (tertiary/aromatic N) is 1. The topological polar surface area (TPSA) is 46.6 Å². The maximum absolute atomic E-state index is 12.2. The van der Waals surface area contributed by atoms with Crippen molar-refractivity contribution in [2.24, 2.45) is 11.8 Å². The monoisotopic (exact) mass is 255 g/mol. The van der Waals surface area contributed by atoms with E-state index in [1.165, 1.54) is 0 Å². The summed E-state index contributed by atoms with van der Waals surface area (Å²) in [7, 11) is 0. The van der Waals surface area contributed by atoms with E-state index in [1.807, 2.05) is 34.6 Å². The highest BCUT2D eigenvalue weighted by Gasteiger charge is 2.39. The Morgan fingerprint density at radius 2 is 1.94 bits per heavy atom. The lowest BCUT2D eigenvalue weighted by Crippen LogP contribution is -2.47. The van der Waals surface area contributed by atoms with E-state index >= 15 is 0 Å². The van der Waals surface area contributed by atoms with E-state index < -0.39 is 5.60 Å². The van der Waals surface area contributed by atoms with Crippen LogP contribution >= 0.6 is 0 Å². The molecule has 1 aliphatic rings. The molecule has 1 rings (SSSR count). The summed E-state index contributed by atoms with van der Waals surface area (Å²) in [5, 5.41) is 0. The molecule has 0 radical (unpaired) electrons. The highest BCUT2D eigenvalue weighted by Crippen LogP contribution is 2.35. The van der Waals surface area contributed by atoms with Crippen LogP contribution in [-0.4, -0.2) is 35.5 Å². The van der Waals surface area contributed by atoms with Gasteiger partial charge in [-0.3, -0.25) is 4.90 Å². The van der Waals surface area contributed by atoms with E-state index in [1.54, 1.807) is 4.90 Å². The summed E-state index contributed by atoms with van der Waals surface area (Å²) < 4.78 is 5.39. The second kappa shape index (κ2) is 5.72. The summed E-state index contributed by atoms with van der Waals surface area (Å²) in [5.74, 6) is 0.646. The van der Waals surface area contributed by atoms with Crippen molar-refractivity contribution in [1.82, 2.24) is 4.90 Å². The maximum atomic E-state index is 12.2. The predicted molar refractivity (Wildman–Crippen MR) is 70.4 cm³/mol. The van der Waals surface area contributed by atoms with E-state index in [9.17, 15) is 9.59 Å². The first-order chi connectivity index (χ1) is 8.24. The molecular formula is C14H25NO3. The standard InChI is InChI=1S/C14H25NO3/c1-10(2)8-15(12(9-16)11-6-7-11)13(17)18-14(3,4)5/h9-12H,6-8H2,1-5H3. The number of hydrogen-bond donors (Lipinski definition) is 0. The van der Waals surface area contributed by atoms with E-state index in [4.69, 9.17) is 4.74 Å². The van der Waals surface area contributed by atoms with Gasteiger partial charge in [-0.1, -0.05) is 13.8 Å². The summed E-state index contributed by atoms with van der Waals surface area (Å²) in [4.78, 5) is 25.0. The average molecular weight is 255 g/mol. The third kappa shape index (κ3) is 4.67. The van der Waals surface area contributed by atoms with E-state index in [0.29, 0.717) is 18.4 Å². The first-order valence-electron chi connectivity index (χ1n) is 6.69. The Bertz CT molecular complexity index is 303. The van der Waals surface area contributed by atoms with Gasteiger partial charge in [0.2, 0.25) is 0 Å². The minimum absolute atomic E-state index is 0.317. The minimum atomic E-state index is -0.525. The van der Waals surface area contributed by atoms with Crippen LogP contribution in [0.3, 0.4) is 0 Å². The Balaban J connectivity index is 2.75. The molecule has 1 saturated carbocycles. The smallest absolute Gasteiger partial charge is 0.410 e. The molecule has 0 bridgehead atoms. The first kappa shape index (κ1) is 15.0. The second-order valence-electron chi connectivity index (χ2n) is 6.49. The van der Waals surface area contributed by atoms with Gasteiger partial charge in [0.25, 0.3) is 0 Å². The average Bonchev–Trinajstić information content (AvgIpc) is 2.98. The van der Waals surface area contributed by atoms with Crippen LogP contribution in [0.2, 0.25) is 0 Å². The quantitative estimate of drug-likeness (QED) is 0.710. The van der Waals surface area contributed by atoms with E-state index in [2.05, 4.69) is 0 Å². The minimum Gasteiger partial charge on any atom is -0.444 e. The van der Waals surface area contributed by atoms with Crippen LogP contribution in [0, 0.1) is 11.8 Å². The van der Waals surface area contributed by atoms with Crippen molar-refractivity contribution < 1.29 is 14.3 Å². The van der Waals surface area contributed by atoms with Crippen LogP contribution in [0.5, 0.6) is 0 Å². The number of ether oxygens (including phenoxy) is 1. The van der Waals surface area contributed by atoms with Crippen molar-refractivity contribution in [3.05, 3.63) is 0 Å². The van der Waals surface area contributed by atoms with Gasteiger partial charge in [0, 0.05) is 6.54 Å².